The molecule has 20 heavy (non-hydrogen) atoms. The standard InChI is InChI=1S/C15H18FN3O/c1-10-11(2)18-19(12(10)3)9-8-17-15(20)13-4-6-14(16)7-5-13/h4-7H,8-9H2,1-3H3,(H,17,20). The van der Waals surface area contributed by atoms with Crippen LogP contribution >= 0.6 is 0 Å². The second-order valence-electron chi connectivity index (χ2n) is 4.78. The van der Waals surface area contributed by atoms with E-state index in [9.17, 15) is 9.18 Å². The third kappa shape index (κ3) is 3.04. The molecule has 0 unspecified atom stereocenters. The molecule has 0 saturated heterocycles. The van der Waals surface area contributed by atoms with E-state index >= 15 is 0 Å². The zero-order valence-electron chi connectivity index (χ0n) is 11.9. The summed E-state index contributed by atoms with van der Waals surface area (Å²) < 4.78 is 14.6. The van der Waals surface area contributed by atoms with Crippen LogP contribution in [0.4, 0.5) is 4.39 Å². The number of rotatable bonds is 4. The molecule has 4 nitrogen and oxygen atoms in total. The van der Waals surface area contributed by atoms with Crippen molar-refractivity contribution in [2.75, 3.05) is 6.54 Å². The van der Waals surface area contributed by atoms with Crippen LogP contribution < -0.4 is 5.32 Å². The predicted octanol–water partition coefficient (Wildman–Crippen LogP) is 2.38. The van der Waals surface area contributed by atoms with E-state index in [1.54, 1.807) is 0 Å². The summed E-state index contributed by atoms with van der Waals surface area (Å²) in [5, 5.41) is 7.21. The van der Waals surface area contributed by atoms with Crippen molar-refractivity contribution in [3.8, 4) is 0 Å². The summed E-state index contributed by atoms with van der Waals surface area (Å²) in [5.41, 5.74) is 3.75. The first-order chi connectivity index (χ1) is 9.49. The summed E-state index contributed by atoms with van der Waals surface area (Å²) in [4.78, 5) is 11.8. The molecule has 1 amide bonds. The zero-order chi connectivity index (χ0) is 14.7. The molecule has 0 bridgehead atoms. The molecule has 0 aliphatic rings. The fraction of sp³-hybridized carbons (Fsp3) is 0.333. The average Bonchev–Trinajstić information content (AvgIpc) is 2.67. The lowest BCUT2D eigenvalue weighted by Gasteiger charge is -2.07. The fourth-order valence-electron chi connectivity index (χ4n) is 1.98. The van der Waals surface area contributed by atoms with E-state index < -0.39 is 0 Å². The first kappa shape index (κ1) is 14.2. The Hall–Kier alpha value is -2.17. The Morgan fingerprint density at radius 2 is 1.90 bits per heavy atom. The molecule has 5 heteroatoms. The summed E-state index contributed by atoms with van der Waals surface area (Å²) in [6, 6.07) is 5.49. The van der Waals surface area contributed by atoms with Crippen molar-refractivity contribution < 1.29 is 9.18 Å². The third-order valence-electron chi connectivity index (χ3n) is 3.46. The van der Waals surface area contributed by atoms with Crippen molar-refractivity contribution in [1.29, 1.82) is 0 Å². The van der Waals surface area contributed by atoms with Crippen molar-refractivity contribution in [2.24, 2.45) is 0 Å². The van der Waals surface area contributed by atoms with Gasteiger partial charge < -0.3 is 5.32 Å². The molecule has 1 aromatic carbocycles. The number of nitrogens with one attached hydrogen (secondary N) is 1. The second-order valence-corrected chi connectivity index (χ2v) is 4.78. The number of amides is 1. The van der Waals surface area contributed by atoms with E-state index in [1.165, 1.54) is 29.8 Å². The van der Waals surface area contributed by atoms with Crippen molar-refractivity contribution in [3.63, 3.8) is 0 Å². The van der Waals surface area contributed by atoms with E-state index in [2.05, 4.69) is 10.4 Å². The van der Waals surface area contributed by atoms with Crippen LogP contribution in [0.5, 0.6) is 0 Å². The number of benzene rings is 1. The molecule has 0 spiro atoms. The molecule has 0 radical (unpaired) electrons. The molecular formula is C15H18FN3O. The van der Waals surface area contributed by atoms with Crippen LogP contribution in [0.1, 0.15) is 27.3 Å². The monoisotopic (exact) mass is 275 g/mol. The third-order valence-corrected chi connectivity index (χ3v) is 3.46. The number of nitrogens with zero attached hydrogens (tertiary/aromatic N) is 2. The first-order valence-electron chi connectivity index (χ1n) is 6.53. The van der Waals surface area contributed by atoms with Gasteiger partial charge in [-0.1, -0.05) is 0 Å². The van der Waals surface area contributed by atoms with Crippen molar-refractivity contribution >= 4 is 5.91 Å². The largest absolute Gasteiger partial charge is 0.350 e. The van der Waals surface area contributed by atoms with Crippen LogP contribution in [0.25, 0.3) is 0 Å². The van der Waals surface area contributed by atoms with E-state index in [4.69, 9.17) is 0 Å². The van der Waals surface area contributed by atoms with Gasteiger partial charge >= 0.3 is 0 Å². The highest BCUT2D eigenvalue weighted by Gasteiger charge is 2.08. The number of hydrogen-bond donors (Lipinski definition) is 1. The van der Waals surface area contributed by atoms with Gasteiger partial charge in [-0.3, -0.25) is 9.48 Å². The maximum atomic E-state index is 12.8. The Morgan fingerprint density at radius 1 is 1.25 bits per heavy atom. The Kier molecular flexibility index (Phi) is 4.17. The number of aryl methyl sites for hydroxylation is 1. The molecule has 0 atom stereocenters. The van der Waals surface area contributed by atoms with Crippen LogP contribution in [-0.2, 0) is 6.54 Å². The molecule has 106 valence electrons. The van der Waals surface area contributed by atoms with Crippen molar-refractivity contribution in [3.05, 3.63) is 52.6 Å². The molecule has 0 saturated carbocycles. The van der Waals surface area contributed by atoms with Gasteiger partial charge in [0.1, 0.15) is 5.82 Å². The topological polar surface area (TPSA) is 46.9 Å². The minimum Gasteiger partial charge on any atom is -0.350 e. The van der Waals surface area contributed by atoms with Gasteiger partial charge in [-0.25, -0.2) is 4.39 Å². The quantitative estimate of drug-likeness (QED) is 0.931. The van der Waals surface area contributed by atoms with Gasteiger partial charge in [-0.05, 0) is 50.6 Å². The van der Waals surface area contributed by atoms with Crippen molar-refractivity contribution in [2.45, 2.75) is 27.3 Å². The molecule has 1 heterocycles. The lowest BCUT2D eigenvalue weighted by molar-refractivity contribution is 0.0952. The zero-order valence-corrected chi connectivity index (χ0v) is 11.9. The lowest BCUT2D eigenvalue weighted by atomic mass is 10.2. The number of hydrogen-bond acceptors (Lipinski definition) is 2. The van der Waals surface area contributed by atoms with Gasteiger partial charge in [0.05, 0.1) is 12.2 Å². The molecular weight excluding hydrogens is 257 g/mol. The highest BCUT2D eigenvalue weighted by Crippen LogP contribution is 2.10. The maximum Gasteiger partial charge on any atom is 0.251 e. The van der Waals surface area contributed by atoms with E-state index in [0.29, 0.717) is 18.7 Å². The first-order valence-corrected chi connectivity index (χ1v) is 6.53. The van der Waals surface area contributed by atoms with E-state index in [0.717, 1.165) is 11.4 Å². The lowest BCUT2D eigenvalue weighted by Crippen LogP contribution is -2.27. The minimum absolute atomic E-state index is 0.205. The Bertz CT molecular complexity index is 617. The summed E-state index contributed by atoms with van der Waals surface area (Å²) in [6.07, 6.45) is 0. The van der Waals surface area contributed by atoms with Crippen LogP contribution in [0.2, 0.25) is 0 Å². The average molecular weight is 275 g/mol. The van der Waals surface area contributed by atoms with Gasteiger partial charge in [-0.15, -0.1) is 0 Å². The number of halogens is 1. The van der Waals surface area contributed by atoms with Gasteiger partial charge in [0, 0.05) is 17.8 Å². The number of carbonyl (C=O) groups is 1. The van der Waals surface area contributed by atoms with Crippen LogP contribution in [-0.4, -0.2) is 22.2 Å². The van der Waals surface area contributed by atoms with Gasteiger partial charge in [-0.2, -0.15) is 5.10 Å². The molecule has 0 fully saturated rings. The van der Waals surface area contributed by atoms with Gasteiger partial charge in [0.15, 0.2) is 0 Å². The van der Waals surface area contributed by atoms with Gasteiger partial charge in [0.2, 0.25) is 0 Å². The van der Waals surface area contributed by atoms with Crippen LogP contribution in [0.15, 0.2) is 24.3 Å². The van der Waals surface area contributed by atoms with E-state index in [-0.39, 0.29) is 11.7 Å². The van der Waals surface area contributed by atoms with Crippen LogP contribution in [0.3, 0.4) is 0 Å². The highest BCUT2D eigenvalue weighted by molar-refractivity contribution is 5.94. The molecule has 0 aliphatic carbocycles. The molecule has 2 aromatic rings. The minimum atomic E-state index is -0.348. The Labute approximate surface area is 117 Å². The molecule has 1 aromatic heterocycles. The Morgan fingerprint density at radius 3 is 2.45 bits per heavy atom. The summed E-state index contributed by atoms with van der Waals surface area (Å²) in [5.74, 6) is -0.553. The SMILES string of the molecule is Cc1nn(CCNC(=O)c2ccc(F)cc2)c(C)c1C. The Balaban J connectivity index is 1.91. The molecule has 1 N–H and O–H groups in total. The van der Waals surface area contributed by atoms with E-state index in [1.807, 2.05) is 25.5 Å². The maximum absolute atomic E-state index is 12.8. The predicted molar refractivity (Wildman–Crippen MR) is 75.2 cm³/mol. The second kappa shape index (κ2) is 5.86. The number of carbonyl (C=O) groups excluding carboxylic acids is 1. The number of aromatic nitrogens is 2. The smallest absolute Gasteiger partial charge is 0.251 e. The highest BCUT2D eigenvalue weighted by atomic mass is 19.1. The van der Waals surface area contributed by atoms with Crippen LogP contribution in [0, 0.1) is 26.6 Å². The fourth-order valence-corrected chi connectivity index (χ4v) is 1.98. The summed E-state index contributed by atoms with van der Waals surface area (Å²) >= 11 is 0. The molecule has 0 aliphatic heterocycles. The van der Waals surface area contributed by atoms with Gasteiger partial charge in [0.25, 0.3) is 5.91 Å². The normalized spacial score (nSPS) is 10.6. The summed E-state index contributed by atoms with van der Waals surface area (Å²) in [7, 11) is 0. The molecule has 2 rings (SSSR count). The summed E-state index contributed by atoms with van der Waals surface area (Å²) in [6.45, 7) is 7.11. The van der Waals surface area contributed by atoms with Crippen molar-refractivity contribution in [1.82, 2.24) is 15.1 Å².